The number of aromatic nitrogens is 5. The van der Waals surface area contributed by atoms with Crippen LogP contribution in [-0.2, 0) is 7.05 Å². The van der Waals surface area contributed by atoms with Crippen LogP contribution in [0, 0.1) is 17.2 Å². The van der Waals surface area contributed by atoms with Gasteiger partial charge in [0.1, 0.15) is 17.8 Å². The van der Waals surface area contributed by atoms with Gasteiger partial charge in [-0.05, 0) is 31.7 Å². The van der Waals surface area contributed by atoms with Crippen LogP contribution in [-0.4, -0.2) is 60.8 Å². The molecule has 1 unspecified atom stereocenters. The van der Waals surface area contributed by atoms with E-state index >= 15 is 0 Å². The Balaban J connectivity index is 1.28. The van der Waals surface area contributed by atoms with Crippen molar-refractivity contribution in [2.24, 2.45) is 13.0 Å². The number of aryl methyl sites for hydroxylation is 1. The van der Waals surface area contributed by atoms with Crippen LogP contribution in [0.5, 0.6) is 0 Å². The third-order valence-corrected chi connectivity index (χ3v) is 6.98. The monoisotopic (exact) mass is 388 g/mol. The van der Waals surface area contributed by atoms with E-state index in [1.165, 1.54) is 12.8 Å². The van der Waals surface area contributed by atoms with Crippen LogP contribution in [0.25, 0.3) is 22.3 Å². The Labute approximate surface area is 169 Å². The van der Waals surface area contributed by atoms with E-state index in [0.29, 0.717) is 18.1 Å². The number of nitriles is 1. The van der Waals surface area contributed by atoms with Gasteiger partial charge in [0.25, 0.3) is 0 Å². The van der Waals surface area contributed by atoms with Crippen molar-refractivity contribution in [1.82, 2.24) is 29.6 Å². The lowest BCUT2D eigenvalue weighted by atomic mass is 9.79. The zero-order chi connectivity index (χ0) is 19.5. The first-order valence-electron chi connectivity index (χ1n) is 10.4. The first kappa shape index (κ1) is 17.0. The number of nitrogens with zero attached hydrogens (tertiary/aromatic N) is 7. The molecule has 29 heavy (non-hydrogen) atoms. The number of nitrogens with one attached hydrogen (secondary N) is 1. The van der Waals surface area contributed by atoms with Crippen LogP contribution in [0.3, 0.4) is 0 Å². The lowest BCUT2D eigenvalue weighted by Gasteiger charge is -2.49. The van der Waals surface area contributed by atoms with E-state index in [1.54, 1.807) is 6.33 Å². The number of fused-ring (bicyclic) bond motifs is 3. The highest BCUT2D eigenvalue weighted by Crippen LogP contribution is 2.42. The Morgan fingerprint density at radius 3 is 2.62 bits per heavy atom. The summed E-state index contributed by atoms with van der Waals surface area (Å²) in [5.74, 6) is 1.30. The highest BCUT2D eigenvalue weighted by Gasteiger charge is 2.47. The van der Waals surface area contributed by atoms with Gasteiger partial charge < -0.3 is 9.88 Å². The largest absolute Gasteiger partial charge is 0.353 e. The zero-order valence-electron chi connectivity index (χ0n) is 16.5. The molecule has 1 N–H and O–H groups in total. The maximum atomic E-state index is 9.13. The highest BCUT2D eigenvalue weighted by atomic mass is 15.4. The Bertz CT molecular complexity index is 1090. The number of hydrogen-bond donors (Lipinski definition) is 1. The van der Waals surface area contributed by atoms with Gasteiger partial charge in [0, 0.05) is 55.9 Å². The molecule has 6 rings (SSSR count). The fraction of sp³-hybridized carbons (Fsp3) is 0.524. The third-order valence-electron chi connectivity index (χ3n) is 6.98. The quantitative estimate of drug-likeness (QED) is 0.741. The zero-order valence-corrected chi connectivity index (χ0v) is 16.5. The minimum atomic E-state index is 0.268. The van der Waals surface area contributed by atoms with Gasteiger partial charge in [-0.25, -0.2) is 9.97 Å². The number of aromatic amines is 1. The molecule has 2 atom stereocenters. The molecule has 8 nitrogen and oxygen atoms in total. The summed E-state index contributed by atoms with van der Waals surface area (Å²) in [6.07, 6.45) is 10.1. The maximum Gasteiger partial charge on any atom is 0.143 e. The molecule has 8 heteroatoms. The van der Waals surface area contributed by atoms with E-state index in [2.05, 4.69) is 42.0 Å². The summed E-state index contributed by atoms with van der Waals surface area (Å²) in [5, 5.41) is 14.5. The fourth-order valence-electron chi connectivity index (χ4n) is 5.54. The lowest BCUT2D eigenvalue weighted by Crippen LogP contribution is -2.60. The molecule has 0 spiro atoms. The van der Waals surface area contributed by atoms with Crippen molar-refractivity contribution in [1.29, 1.82) is 5.26 Å². The lowest BCUT2D eigenvalue weighted by molar-refractivity contribution is 0.0437. The van der Waals surface area contributed by atoms with Crippen LogP contribution in [0.1, 0.15) is 25.7 Å². The van der Waals surface area contributed by atoms with Crippen LogP contribution in [0.2, 0.25) is 0 Å². The van der Waals surface area contributed by atoms with Crippen molar-refractivity contribution in [2.45, 2.75) is 43.8 Å². The summed E-state index contributed by atoms with van der Waals surface area (Å²) in [6, 6.07) is 6.33. The second kappa shape index (κ2) is 6.29. The van der Waals surface area contributed by atoms with Gasteiger partial charge in [0.15, 0.2) is 0 Å². The molecule has 1 aliphatic carbocycles. The van der Waals surface area contributed by atoms with Crippen LogP contribution in [0.15, 0.2) is 24.8 Å². The van der Waals surface area contributed by atoms with E-state index in [9.17, 15) is 0 Å². The number of H-pyrrole nitrogens is 1. The smallest absolute Gasteiger partial charge is 0.143 e. The van der Waals surface area contributed by atoms with Gasteiger partial charge in [0.2, 0.25) is 0 Å². The van der Waals surface area contributed by atoms with Crippen LogP contribution < -0.4 is 4.90 Å². The number of piperazine rings is 1. The van der Waals surface area contributed by atoms with Crippen molar-refractivity contribution in [2.75, 3.05) is 18.0 Å². The van der Waals surface area contributed by atoms with Gasteiger partial charge in [0.05, 0.1) is 23.3 Å². The van der Waals surface area contributed by atoms with Crippen molar-refractivity contribution >= 4 is 16.9 Å². The molecule has 0 aromatic carbocycles. The van der Waals surface area contributed by atoms with Crippen LogP contribution in [0.4, 0.5) is 5.82 Å². The number of hydrogen-bond acceptors (Lipinski definition) is 6. The first-order chi connectivity index (χ1) is 14.2. The summed E-state index contributed by atoms with van der Waals surface area (Å²) in [4.78, 5) is 17.7. The molecule has 5 heterocycles. The average Bonchev–Trinajstić information content (AvgIpc) is 3.37. The van der Waals surface area contributed by atoms with Gasteiger partial charge in [-0.3, -0.25) is 9.58 Å². The van der Waals surface area contributed by atoms with E-state index in [4.69, 9.17) is 5.26 Å². The topological polar surface area (TPSA) is 89.7 Å². The molecule has 3 aromatic heterocycles. The first-order valence-corrected chi connectivity index (χ1v) is 10.4. The Morgan fingerprint density at radius 2 is 1.93 bits per heavy atom. The predicted octanol–water partition coefficient (Wildman–Crippen LogP) is 2.31. The SMILES string of the molecule is Cn1cc(-c2cc3c(N4CC5CC[C@H](C4)N5C4CC(C#N)C4)ncnc3[nH]2)cn1. The normalized spacial score (nSPS) is 29.2. The van der Waals surface area contributed by atoms with Crippen molar-refractivity contribution in [3.63, 3.8) is 0 Å². The predicted molar refractivity (Wildman–Crippen MR) is 109 cm³/mol. The van der Waals surface area contributed by atoms with Crippen molar-refractivity contribution < 1.29 is 0 Å². The second-order valence-electron chi connectivity index (χ2n) is 8.73. The molecule has 3 fully saturated rings. The van der Waals surface area contributed by atoms with Gasteiger partial charge >= 0.3 is 0 Å². The van der Waals surface area contributed by atoms with Gasteiger partial charge in [-0.15, -0.1) is 0 Å². The summed E-state index contributed by atoms with van der Waals surface area (Å²) >= 11 is 0. The third kappa shape index (κ3) is 2.64. The van der Waals surface area contributed by atoms with E-state index in [-0.39, 0.29) is 5.92 Å². The molecule has 2 aliphatic heterocycles. The summed E-state index contributed by atoms with van der Waals surface area (Å²) in [6.45, 7) is 2.01. The number of rotatable bonds is 3. The van der Waals surface area contributed by atoms with E-state index < -0.39 is 0 Å². The molecular weight excluding hydrogens is 364 g/mol. The molecule has 2 saturated heterocycles. The summed E-state index contributed by atoms with van der Waals surface area (Å²) < 4.78 is 1.81. The fourth-order valence-corrected chi connectivity index (χ4v) is 5.54. The second-order valence-corrected chi connectivity index (χ2v) is 8.73. The standard InChI is InChI=1S/C21H24N8/c1-27-9-14(8-25-27)19-6-18-20(26-19)23-12-24-21(18)28-10-15-2-3-16(11-28)29(15)17-4-13(5-17)7-22/h6,8-9,12-13,15-17H,2-5,10-11H2,1H3,(H,23,24,26)/t13?,15-,16?,17?/m1/s1. The van der Waals surface area contributed by atoms with Gasteiger partial charge in [-0.1, -0.05) is 0 Å². The van der Waals surface area contributed by atoms with Crippen LogP contribution >= 0.6 is 0 Å². The minimum absolute atomic E-state index is 0.268. The molecule has 148 valence electrons. The minimum Gasteiger partial charge on any atom is -0.353 e. The Kier molecular flexibility index (Phi) is 3.68. The Hall–Kier alpha value is -2.92. The molecular formula is C21H24N8. The number of anilines is 1. The molecule has 3 aliphatic rings. The van der Waals surface area contributed by atoms with Crippen molar-refractivity contribution in [3.8, 4) is 17.3 Å². The molecule has 2 bridgehead atoms. The van der Waals surface area contributed by atoms with E-state index in [1.807, 2.05) is 24.1 Å². The van der Waals surface area contributed by atoms with Gasteiger partial charge in [-0.2, -0.15) is 10.4 Å². The average molecular weight is 388 g/mol. The summed E-state index contributed by atoms with van der Waals surface area (Å²) in [5.41, 5.74) is 2.95. The molecule has 0 amide bonds. The highest BCUT2D eigenvalue weighted by molar-refractivity contribution is 5.91. The molecule has 1 saturated carbocycles. The summed E-state index contributed by atoms with van der Waals surface area (Å²) in [7, 11) is 1.92. The molecule has 0 radical (unpaired) electrons. The van der Waals surface area contributed by atoms with Crippen molar-refractivity contribution in [3.05, 3.63) is 24.8 Å². The Morgan fingerprint density at radius 1 is 1.14 bits per heavy atom. The molecule has 3 aromatic rings. The maximum absolute atomic E-state index is 9.13. The van der Waals surface area contributed by atoms with E-state index in [0.717, 1.165) is 54.0 Å².